The average Bonchev–Trinajstić information content (AvgIpc) is 3.13. The van der Waals surface area contributed by atoms with Gasteiger partial charge in [0.15, 0.2) is 0 Å². The Morgan fingerprint density at radius 3 is 2.96 bits per heavy atom. The first-order valence-corrected chi connectivity index (χ1v) is 9.03. The van der Waals surface area contributed by atoms with Crippen molar-refractivity contribution in [2.45, 2.75) is 44.8 Å². The lowest BCUT2D eigenvalue weighted by atomic mass is 9.92. The molecule has 1 amide bonds. The van der Waals surface area contributed by atoms with Crippen LogP contribution < -0.4 is 10.5 Å². The van der Waals surface area contributed by atoms with Crippen molar-refractivity contribution in [3.05, 3.63) is 29.8 Å². The van der Waals surface area contributed by atoms with Crippen LogP contribution >= 0.6 is 0 Å². The summed E-state index contributed by atoms with van der Waals surface area (Å²) in [7, 11) is 0. The van der Waals surface area contributed by atoms with Crippen molar-refractivity contribution in [2.75, 3.05) is 26.3 Å². The number of carbonyl (C=O) groups is 1. The van der Waals surface area contributed by atoms with Crippen LogP contribution in [0.3, 0.4) is 0 Å². The molecule has 0 spiro atoms. The molecule has 0 saturated carbocycles. The number of hydrogen-bond acceptors (Lipinski definition) is 4. The van der Waals surface area contributed by atoms with E-state index in [9.17, 15) is 4.79 Å². The summed E-state index contributed by atoms with van der Waals surface area (Å²) in [5.74, 6) is 1.08. The van der Waals surface area contributed by atoms with E-state index in [1.165, 1.54) is 0 Å². The van der Waals surface area contributed by atoms with E-state index in [-0.39, 0.29) is 18.1 Å². The predicted molar refractivity (Wildman–Crippen MR) is 93.2 cm³/mol. The molecule has 5 heteroatoms. The highest BCUT2D eigenvalue weighted by Gasteiger charge is 2.28. The van der Waals surface area contributed by atoms with Gasteiger partial charge in [-0.15, -0.1) is 0 Å². The molecular formula is C19H28N2O3. The first-order chi connectivity index (χ1) is 11.6. The van der Waals surface area contributed by atoms with Crippen molar-refractivity contribution in [1.82, 2.24) is 4.90 Å². The molecule has 0 aromatic heterocycles. The van der Waals surface area contributed by atoms with Crippen LogP contribution in [0.2, 0.25) is 0 Å². The zero-order valence-corrected chi connectivity index (χ0v) is 14.4. The lowest BCUT2D eigenvalue weighted by Crippen LogP contribution is -2.45. The average molecular weight is 332 g/mol. The van der Waals surface area contributed by atoms with Gasteiger partial charge in [0.2, 0.25) is 0 Å². The number of carbonyl (C=O) groups excluding carboxylic acids is 1. The van der Waals surface area contributed by atoms with Gasteiger partial charge in [-0.05, 0) is 50.7 Å². The van der Waals surface area contributed by atoms with Gasteiger partial charge in [0.25, 0.3) is 5.91 Å². The number of hydrogen-bond donors (Lipinski definition) is 1. The number of nitrogens with zero attached hydrogens (tertiary/aromatic N) is 1. The molecule has 2 aliphatic heterocycles. The number of nitrogens with two attached hydrogens (primary N) is 1. The second-order valence-electron chi connectivity index (χ2n) is 6.95. The van der Waals surface area contributed by atoms with Crippen LogP contribution in [0, 0.1) is 5.92 Å². The van der Waals surface area contributed by atoms with E-state index < -0.39 is 0 Å². The fraction of sp³-hybridized carbons (Fsp3) is 0.632. The molecule has 2 fully saturated rings. The minimum Gasteiger partial charge on any atom is -0.490 e. The first kappa shape index (κ1) is 17.2. The van der Waals surface area contributed by atoms with Gasteiger partial charge >= 0.3 is 0 Å². The largest absolute Gasteiger partial charge is 0.490 e. The van der Waals surface area contributed by atoms with E-state index in [0.29, 0.717) is 23.8 Å². The monoisotopic (exact) mass is 332 g/mol. The first-order valence-electron chi connectivity index (χ1n) is 9.03. The lowest BCUT2D eigenvalue weighted by molar-refractivity contribution is 0.0613. The number of para-hydroxylation sites is 1. The predicted octanol–water partition coefficient (Wildman–Crippen LogP) is 2.44. The van der Waals surface area contributed by atoms with E-state index in [1.54, 1.807) is 0 Å². The fourth-order valence-corrected chi connectivity index (χ4v) is 3.52. The highest BCUT2D eigenvalue weighted by Crippen LogP contribution is 2.25. The van der Waals surface area contributed by atoms with E-state index >= 15 is 0 Å². The maximum absolute atomic E-state index is 13.0. The number of ether oxygens (including phenoxy) is 2. The van der Waals surface area contributed by atoms with Crippen molar-refractivity contribution in [3.8, 4) is 5.75 Å². The Labute approximate surface area is 144 Å². The second-order valence-corrected chi connectivity index (χ2v) is 6.95. The van der Waals surface area contributed by atoms with Crippen LogP contribution in [0.5, 0.6) is 5.75 Å². The van der Waals surface area contributed by atoms with Gasteiger partial charge in [-0.1, -0.05) is 12.1 Å². The molecule has 2 N–H and O–H groups in total. The quantitative estimate of drug-likeness (QED) is 0.899. The summed E-state index contributed by atoms with van der Waals surface area (Å²) >= 11 is 0. The zero-order valence-electron chi connectivity index (χ0n) is 14.4. The number of rotatable bonds is 5. The number of benzene rings is 1. The molecule has 5 nitrogen and oxygen atoms in total. The van der Waals surface area contributed by atoms with E-state index in [0.717, 1.165) is 45.4 Å². The Morgan fingerprint density at radius 1 is 1.38 bits per heavy atom. The third-order valence-corrected chi connectivity index (χ3v) is 5.05. The summed E-state index contributed by atoms with van der Waals surface area (Å²) in [6.45, 7) is 4.86. The Bertz CT molecular complexity index is 555. The van der Waals surface area contributed by atoms with Crippen molar-refractivity contribution in [1.29, 1.82) is 0 Å². The van der Waals surface area contributed by atoms with Crippen molar-refractivity contribution < 1.29 is 14.3 Å². The van der Waals surface area contributed by atoms with Gasteiger partial charge in [0.05, 0.1) is 11.7 Å². The van der Waals surface area contributed by atoms with Crippen LogP contribution in [0.25, 0.3) is 0 Å². The molecule has 2 heterocycles. The summed E-state index contributed by atoms with van der Waals surface area (Å²) in [6.07, 6.45) is 4.36. The molecule has 1 aromatic rings. The van der Waals surface area contributed by atoms with Crippen LogP contribution in [-0.2, 0) is 4.74 Å². The summed E-state index contributed by atoms with van der Waals surface area (Å²) in [6, 6.07) is 7.63. The third kappa shape index (κ3) is 4.08. The topological polar surface area (TPSA) is 64.8 Å². The number of amides is 1. The van der Waals surface area contributed by atoms with Crippen LogP contribution in [0.1, 0.15) is 43.0 Å². The summed E-state index contributed by atoms with van der Waals surface area (Å²) in [5.41, 5.74) is 6.68. The molecule has 0 bridgehead atoms. The molecule has 132 valence electrons. The van der Waals surface area contributed by atoms with Gasteiger partial charge in [-0.2, -0.15) is 0 Å². The minimum absolute atomic E-state index is 0.0447. The van der Waals surface area contributed by atoms with Gasteiger partial charge in [-0.3, -0.25) is 4.79 Å². The van der Waals surface area contributed by atoms with Gasteiger partial charge in [-0.25, -0.2) is 0 Å². The molecule has 1 aromatic carbocycles. The summed E-state index contributed by atoms with van der Waals surface area (Å²) < 4.78 is 11.5. The SMILES string of the molecule is C[C@H](N)[C@@H]1CCCN(C(=O)c2ccccc2OC[C@H]2CCCO2)C1. The van der Waals surface area contributed by atoms with E-state index in [1.807, 2.05) is 36.1 Å². The Kier molecular flexibility index (Phi) is 5.74. The van der Waals surface area contributed by atoms with Crippen molar-refractivity contribution >= 4 is 5.91 Å². The maximum atomic E-state index is 13.0. The molecule has 2 saturated heterocycles. The fourth-order valence-electron chi connectivity index (χ4n) is 3.52. The Balaban J connectivity index is 1.67. The normalized spacial score (nSPS) is 25.5. The smallest absolute Gasteiger partial charge is 0.257 e. The highest BCUT2D eigenvalue weighted by molar-refractivity contribution is 5.97. The van der Waals surface area contributed by atoms with Gasteiger partial charge in [0.1, 0.15) is 12.4 Å². The van der Waals surface area contributed by atoms with Gasteiger partial charge in [0, 0.05) is 25.7 Å². The molecule has 2 aliphatic rings. The standard InChI is InChI=1S/C19H28N2O3/c1-14(20)15-6-4-10-21(12-15)19(22)17-8-2-3-9-18(17)24-13-16-7-5-11-23-16/h2-3,8-9,14-16H,4-7,10-13,20H2,1H3/t14-,15+,16+/m0/s1. The molecule has 24 heavy (non-hydrogen) atoms. The number of likely N-dealkylation sites (tertiary alicyclic amines) is 1. The van der Waals surface area contributed by atoms with Crippen LogP contribution in [-0.4, -0.2) is 49.3 Å². The molecule has 0 radical (unpaired) electrons. The number of piperidine rings is 1. The molecular weight excluding hydrogens is 304 g/mol. The highest BCUT2D eigenvalue weighted by atomic mass is 16.5. The van der Waals surface area contributed by atoms with Crippen molar-refractivity contribution in [2.24, 2.45) is 11.7 Å². The molecule has 0 aliphatic carbocycles. The van der Waals surface area contributed by atoms with Gasteiger partial charge < -0.3 is 20.1 Å². The van der Waals surface area contributed by atoms with Crippen LogP contribution in [0.4, 0.5) is 0 Å². The van der Waals surface area contributed by atoms with Crippen molar-refractivity contribution in [3.63, 3.8) is 0 Å². The Hall–Kier alpha value is -1.59. The second kappa shape index (κ2) is 7.99. The summed E-state index contributed by atoms with van der Waals surface area (Å²) in [4.78, 5) is 14.9. The van der Waals surface area contributed by atoms with E-state index in [4.69, 9.17) is 15.2 Å². The maximum Gasteiger partial charge on any atom is 0.257 e. The third-order valence-electron chi connectivity index (χ3n) is 5.05. The molecule has 0 unspecified atom stereocenters. The molecule has 3 rings (SSSR count). The lowest BCUT2D eigenvalue weighted by Gasteiger charge is -2.35. The van der Waals surface area contributed by atoms with Crippen LogP contribution in [0.15, 0.2) is 24.3 Å². The Morgan fingerprint density at radius 2 is 2.21 bits per heavy atom. The zero-order chi connectivity index (χ0) is 16.9. The van der Waals surface area contributed by atoms with E-state index in [2.05, 4.69) is 0 Å². The summed E-state index contributed by atoms with van der Waals surface area (Å²) in [5, 5.41) is 0. The molecule has 3 atom stereocenters. The minimum atomic E-state index is 0.0447.